The van der Waals surface area contributed by atoms with E-state index in [1.54, 1.807) is 19.2 Å². The highest BCUT2D eigenvalue weighted by molar-refractivity contribution is 5.28. The SMILES string of the molecule is COCC1CCC(C2CCC(c3cc(F)c(C)c(F)c3)CC2)CC1. The summed E-state index contributed by atoms with van der Waals surface area (Å²) in [6.07, 6.45) is 9.83. The third-order valence-corrected chi connectivity index (χ3v) is 6.51. The topological polar surface area (TPSA) is 9.23 Å². The number of ether oxygens (including phenoxy) is 1. The van der Waals surface area contributed by atoms with Crippen LogP contribution in [0.2, 0.25) is 0 Å². The highest BCUT2D eigenvalue weighted by Crippen LogP contribution is 2.44. The Hall–Kier alpha value is -0.960. The maximum Gasteiger partial charge on any atom is 0.129 e. The van der Waals surface area contributed by atoms with Crippen LogP contribution in [0.3, 0.4) is 0 Å². The molecule has 0 atom stereocenters. The molecule has 0 radical (unpaired) electrons. The lowest BCUT2D eigenvalue weighted by Gasteiger charge is -2.38. The monoisotopic (exact) mass is 336 g/mol. The highest BCUT2D eigenvalue weighted by Gasteiger charge is 2.31. The zero-order chi connectivity index (χ0) is 17.1. The fourth-order valence-electron chi connectivity index (χ4n) is 4.89. The summed E-state index contributed by atoms with van der Waals surface area (Å²) in [7, 11) is 1.80. The van der Waals surface area contributed by atoms with E-state index in [1.807, 2.05) is 0 Å². The number of rotatable bonds is 4. The summed E-state index contributed by atoms with van der Waals surface area (Å²) in [4.78, 5) is 0. The average molecular weight is 336 g/mol. The van der Waals surface area contributed by atoms with Crippen LogP contribution >= 0.6 is 0 Å². The molecule has 0 aliphatic heterocycles. The molecule has 0 bridgehead atoms. The summed E-state index contributed by atoms with van der Waals surface area (Å²) in [5.74, 6) is 1.94. The molecule has 2 saturated carbocycles. The van der Waals surface area contributed by atoms with Gasteiger partial charge in [-0.1, -0.05) is 0 Å². The normalized spacial score (nSPS) is 31.2. The quantitative estimate of drug-likeness (QED) is 0.655. The summed E-state index contributed by atoms with van der Waals surface area (Å²) in [5, 5.41) is 0. The minimum absolute atomic E-state index is 0.139. The molecule has 2 fully saturated rings. The van der Waals surface area contributed by atoms with Gasteiger partial charge in [0.2, 0.25) is 0 Å². The van der Waals surface area contributed by atoms with Gasteiger partial charge >= 0.3 is 0 Å². The molecule has 3 rings (SSSR count). The van der Waals surface area contributed by atoms with Crippen molar-refractivity contribution in [2.24, 2.45) is 17.8 Å². The van der Waals surface area contributed by atoms with E-state index >= 15 is 0 Å². The van der Waals surface area contributed by atoms with E-state index in [-0.39, 0.29) is 5.56 Å². The van der Waals surface area contributed by atoms with Gasteiger partial charge in [-0.3, -0.25) is 0 Å². The van der Waals surface area contributed by atoms with Gasteiger partial charge in [-0.15, -0.1) is 0 Å². The third-order valence-electron chi connectivity index (χ3n) is 6.51. The van der Waals surface area contributed by atoms with Crippen LogP contribution in [0, 0.1) is 36.3 Å². The molecule has 0 heterocycles. The third kappa shape index (κ3) is 3.99. The van der Waals surface area contributed by atoms with Crippen molar-refractivity contribution in [3.05, 3.63) is 34.9 Å². The molecule has 0 spiro atoms. The summed E-state index contributed by atoms with van der Waals surface area (Å²) >= 11 is 0. The smallest absolute Gasteiger partial charge is 0.129 e. The number of methoxy groups -OCH3 is 1. The van der Waals surface area contributed by atoms with Crippen LogP contribution < -0.4 is 0 Å². The first-order valence-corrected chi connectivity index (χ1v) is 9.53. The second-order valence-electron chi connectivity index (χ2n) is 7.96. The lowest BCUT2D eigenvalue weighted by Crippen LogP contribution is -2.26. The Balaban J connectivity index is 1.53. The Bertz CT molecular complexity index is 518. The van der Waals surface area contributed by atoms with Crippen LogP contribution in [0.15, 0.2) is 12.1 Å². The van der Waals surface area contributed by atoms with Crippen molar-refractivity contribution in [3.8, 4) is 0 Å². The van der Waals surface area contributed by atoms with E-state index in [4.69, 9.17) is 4.74 Å². The first-order valence-electron chi connectivity index (χ1n) is 9.53. The predicted molar refractivity (Wildman–Crippen MR) is 93.1 cm³/mol. The molecule has 1 nitrogen and oxygen atoms in total. The highest BCUT2D eigenvalue weighted by atomic mass is 19.1. The van der Waals surface area contributed by atoms with Gasteiger partial charge in [-0.05, 0) is 99.7 Å². The van der Waals surface area contributed by atoms with E-state index in [1.165, 1.54) is 45.4 Å². The first-order chi connectivity index (χ1) is 11.6. The average Bonchev–Trinajstić information content (AvgIpc) is 2.60. The molecule has 24 heavy (non-hydrogen) atoms. The molecule has 3 heteroatoms. The molecule has 2 aliphatic rings. The molecule has 2 aliphatic carbocycles. The largest absolute Gasteiger partial charge is 0.384 e. The van der Waals surface area contributed by atoms with Crippen molar-refractivity contribution in [2.45, 2.75) is 64.2 Å². The molecule has 0 amide bonds. The fourth-order valence-corrected chi connectivity index (χ4v) is 4.89. The van der Waals surface area contributed by atoms with Crippen LogP contribution in [0.1, 0.15) is 68.4 Å². The summed E-state index contributed by atoms with van der Waals surface area (Å²) < 4.78 is 32.9. The zero-order valence-electron chi connectivity index (χ0n) is 15.0. The molecule has 0 unspecified atom stereocenters. The molecule has 1 aromatic carbocycles. The van der Waals surface area contributed by atoms with Crippen molar-refractivity contribution in [1.82, 2.24) is 0 Å². The molecular weight excluding hydrogens is 306 g/mol. The van der Waals surface area contributed by atoms with Crippen molar-refractivity contribution in [1.29, 1.82) is 0 Å². The van der Waals surface area contributed by atoms with Crippen molar-refractivity contribution < 1.29 is 13.5 Å². The van der Waals surface area contributed by atoms with Crippen LogP contribution in [-0.4, -0.2) is 13.7 Å². The van der Waals surface area contributed by atoms with Gasteiger partial charge in [-0.25, -0.2) is 8.78 Å². The molecule has 134 valence electrons. The van der Waals surface area contributed by atoms with E-state index in [0.717, 1.165) is 42.8 Å². The van der Waals surface area contributed by atoms with E-state index in [9.17, 15) is 8.78 Å². The van der Waals surface area contributed by atoms with Gasteiger partial charge in [0.15, 0.2) is 0 Å². The van der Waals surface area contributed by atoms with Crippen LogP contribution in [-0.2, 0) is 4.74 Å². The summed E-state index contributed by atoms with van der Waals surface area (Å²) in [5.41, 5.74) is 0.998. The summed E-state index contributed by atoms with van der Waals surface area (Å²) in [6, 6.07) is 3.11. The number of hydrogen-bond acceptors (Lipinski definition) is 1. The second kappa shape index (κ2) is 7.95. The Morgan fingerprint density at radius 2 is 1.38 bits per heavy atom. The van der Waals surface area contributed by atoms with Gasteiger partial charge in [-0.2, -0.15) is 0 Å². The fraction of sp³-hybridized carbons (Fsp3) is 0.714. The summed E-state index contributed by atoms with van der Waals surface area (Å²) in [6.45, 7) is 2.41. The van der Waals surface area contributed by atoms with Crippen molar-refractivity contribution in [2.75, 3.05) is 13.7 Å². The Kier molecular flexibility index (Phi) is 5.91. The van der Waals surface area contributed by atoms with Gasteiger partial charge in [0.05, 0.1) is 0 Å². The van der Waals surface area contributed by atoms with Gasteiger partial charge < -0.3 is 4.74 Å². The molecule has 0 aromatic heterocycles. The lowest BCUT2D eigenvalue weighted by molar-refractivity contribution is 0.0968. The number of hydrogen-bond donors (Lipinski definition) is 0. The van der Waals surface area contributed by atoms with Gasteiger partial charge in [0, 0.05) is 19.3 Å². The Labute approximate surface area is 144 Å². The second-order valence-corrected chi connectivity index (χ2v) is 7.96. The number of benzene rings is 1. The van der Waals surface area contributed by atoms with Crippen LogP contribution in [0.5, 0.6) is 0 Å². The van der Waals surface area contributed by atoms with Gasteiger partial charge in [0.1, 0.15) is 11.6 Å². The zero-order valence-corrected chi connectivity index (χ0v) is 15.0. The minimum atomic E-state index is -0.399. The standard InChI is InChI=1S/C21H30F2O/c1-14-20(22)11-19(12-21(14)23)18-9-7-17(8-10-18)16-5-3-15(4-6-16)13-24-2/h11-12,15-18H,3-10,13H2,1-2H3. The predicted octanol–water partition coefficient (Wildman–Crippen LogP) is 6.00. The molecule has 1 aromatic rings. The van der Waals surface area contributed by atoms with E-state index < -0.39 is 11.6 Å². The Morgan fingerprint density at radius 3 is 1.88 bits per heavy atom. The minimum Gasteiger partial charge on any atom is -0.384 e. The van der Waals surface area contributed by atoms with Crippen LogP contribution in [0.4, 0.5) is 8.78 Å². The van der Waals surface area contributed by atoms with E-state index in [0.29, 0.717) is 5.92 Å². The van der Waals surface area contributed by atoms with Gasteiger partial charge in [0.25, 0.3) is 0 Å². The first kappa shape index (κ1) is 17.8. The van der Waals surface area contributed by atoms with Crippen molar-refractivity contribution in [3.63, 3.8) is 0 Å². The van der Waals surface area contributed by atoms with Crippen molar-refractivity contribution >= 4 is 0 Å². The lowest BCUT2D eigenvalue weighted by atomic mass is 9.68. The molecule has 0 saturated heterocycles. The van der Waals surface area contributed by atoms with Crippen LogP contribution in [0.25, 0.3) is 0 Å². The number of halogens is 2. The maximum atomic E-state index is 13.8. The Morgan fingerprint density at radius 1 is 0.875 bits per heavy atom. The van der Waals surface area contributed by atoms with E-state index in [2.05, 4.69) is 0 Å². The molecular formula is C21H30F2O. The molecule has 0 N–H and O–H groups in total. The maximum absolute atomic E-state index is 13.8.